The van der Waals surface area contributed by atoms with Crippen molar-refractivity contribution in [2.75, 3.05) is 11.1 Å². The zero-order valence-electron chi connectivity index (χ0n) is 13.0. The summed E-state index contributed by atoms with van der Waals surface area (Å²) < 4.78 is 14.8. The number of nitrogens with one attached hydrogen (secondary N) is 1. The Morgan fingerprint density at radius 1 is 1.50 bits per heavy atom. The minimum atomic E-state index is -0.536. The number of hydrogen-bond donors (Lipinski definition) is 2. The average Bonchev–Trinajstić information content (AvgIpc) is 3.02. The van der Waals surface area contributed by atoms with Crippen LogP contribution >= 0.6 is 11.6 Å². The van der Waals surface area contributed by atoms with E-state index in [-0.39, 0.29) is 10.9 Å². The van der Waals surface area contributed by atoms with Gasteiger partial charge in [0.05, 0.1) is 5.02 Å². The second-order valence-electron chi connectivity index (χ2n) is 6.37. The van der Waals surface area contributed by atoms with E-state index in [1.54, 1.807) is 7.05 Å². The highest BCUT2D eigenvalue weighted by Crippen LogP contribution is 2.53. The second kappa shape index (κ2) is 5.34. The van der Waals surface area contributed by atoms with Crippen LogP contribution in [0.25, 0.3) is 5.57 Å². The number of carbonyl (C=O) groups excluding carboxylic acids is 1. The van der Waals surface area contributed by atoms with Crippen LogP contribution < -0.4 is 11.1 Å². The molecule has 1 aromatic carbocycles. The van der Waals surface area contributed by atoms with Gasteiger partial charge in [0.2, 0.25) is 0 Å². The SMILES string of the molecule is Cn1nc(C2=CC3CC3C2)c(C(=O)Nc2ccc(F)c(Cl)c2)c1N. The van der Waals surface area contributed by atoms with Gasteiger partial charge in [-0.2, -0.15) is 5.10 Å². The smallest absolute Gasteiger partial charge is 0.261 e. The molecule has 0 aliphatic heterocycles. The van der Waals surface area contributed by atoms with E-state index >= 15 is 0 Å². The summed E-state index contributed by atoms with van der Waals surface area (Å²) in [5, 5.41) is 7.08. The number of allylic oxidation sites excluding steroid dienone is 2. The van der Waals surface area contributed by atoms with E-state index < -0.39 is 5.82 Å². The number of benzene rings is 1. The summed E-state index contributed by atoms with van der Waals surface area (Å²) in [5.41, 5.74) is 8.52. The first-order chi connectivity index (χ1) is 11.4. The fourth-order valence-corrected chi connectivity index (χ4v) is 3.43. The molecule has 2 atom stereocenters. The van der Waals surface area contributed by atoms with Gasteiger partial charge in [-0.15, -0.1) is 0 Å². The van der Waals surface area contributed by atoms with Crippen LogP contribution in [0.1, 0.15) is 28.9 Å². The predicted molar refractivity (Wildman–Crippen MR) is 91.2 cm³/mol. The molecule has 4 rings (SSSR count). The van der Waals surface area contributed by atoms with E-state index in [2.05, 4.69) is 16.5 Å². The third kappa shape index (κ3) is 2.47. The Kier molecular flexibility index (Phi) is 3.38. The molecule has 0 saturated heterocycles. The van der Waals surface area contributed by atoms with Crippen molar-refractivity contribution < 1.29 is 9.18 Å². The molecule has 1 amide bonds. The lowest BCUT2D eigenvalue weighted by Gasteiger charge is -2.08. The highest BCUT2D eigenvalue weighted by Gasteiger charge is 2.42. The molecular formula is C17H16ClFN4O. The number of nitrogens with two attached hydrogens (primary N) is 1. The molecule has 24 heavy (non-hydrogen) atoms. The summed E-state index contributed by atoms with van der Waals surface area (Å²) in [6.07, 6.45) is 4.35. The summed E-state index contributed by atoms with van der Waals surface area (Å²) in [4.78, 5) is 12.7. The molecule has 1 aromatic heterocycles. The van der Waals surface area contributed by atoms with E-state index in [0.29, 0.717) is 34.6 Å². The van der Waals surface area contributed by atoms with Gasteiger partial charge >= 0.3 is 0 Å². The predicted octanol–water partition coefficient (Wildman–Crippen LogP) is 3.47. The highest BCUT2D eigenvalue weighted by atomic mass is 35.5. The molecule has 2 aliphatic carbocycles. The van der Waals surface area contributed by atoms with Crippen LogP contribution in [0.15, 0.2) is 24.3 Å². The number of anilines is 2. The molecule has 2 aromatic rings. The summed E-state index contributed by atoms with van der Waals surface area (Å²) in [7, 11) is 1.71. The van der Waals surface area contributed by atoms with Gasteiger partial charge in [0, 0.05) is 12.7 Å². The minimum absolute atomic E-state index is 0.0502. The third-order valence-corrected chi connectivity index (χ3v) is 4.96. The van der Waals surface area contributed by atoms with Gasteiger partial charge in [-0.1, -0.05) is 17.7 Å². The van der Waals surface area contributed by atoms with Crippen LogP contribution in [-0.2, 0) is 7.05 Å². The maximum absolute atomic E-state index is 13.3. The number of halogens is 2. The summed E-state index contributed by atoms with van der Waals surface area (Å²) in [5.74, 6) is 0.702. The molecule has 2 unspecified atom stereocenters. The fourth-order valence-electron chi connectivity index (χ4n) is 3.25. The Balaban J connectivity index is 1.66. The molecule has 1 heterocycles. The molecule has 0 spiro atoms. The molecule has 124 valence electrons. The molecule has 2 aliphatic rings. The Labute approximate surface area is 143 Å². The summed E-state index contributed by atoms with van der Waals surface area (Å²) >= 11 is 5.76. The number of nitrogen functional groups attached to an aromatic ring is 1. The van der Waals surface area contributed by atoms with Gasteiger partial charge in [-0.05, 0) is 48.4 Å². The first-order valence-electron chi connectivity index (χ1n) is 7.74. The van der Waals surface area contributed by atoms with Crippen molar-refractivity contribution in [2.24, 2.45) is 18.9 Å². The maximum atomic E-state index is 13.3. The minimum Gasteiger partial charge on any atom is -0.383 e. The van der Waals surface area contributed by atoms with Gasteiger partial charge in [0.15, 0.2) is 0 Å². The number of aromatic nitrogens is 2. The van der Waals surface area contributed by atoms with Gasteiger partial charge in [-0.25, -0.2) is 4.39 Å². The van der Waals surface area contributed by atoms with Crippen molar-refractivity contribution in [3.8, 4) is 0 Å². The van der Waals surface area contributed by atoms with Crippen molar-refractivity contribution in [1.29, 1.82) is 0 Å². The molecular weight excluding hydrogens is 331 g/mol. The van der Waals surface area contributed by atoms with Crippen LogP contribution in [0.2, 0.25) is 5.02 Å². The van der Waals surface area contributed by atoms with Crippen molar-refractivity contribution in [3.63, 3.8) is 0 Å². The van der Waals surface area contributed by atoms with E-state index in [0.717, 1.165) is 12.0 Å². The molecule has 0 bridgehead atoms. The largest absolute Gasteiger partial charge is 0.383 e. The Hall–Kier alpha value is -2.34. The number of rotatable bonds is 3. The van der Waals surface area contributed by atoms with Crippen molar-refractivity contribution >= 4 is 34.6 Å². The van der Waals surface area contributed by atoms with Gasteiger partial charge in [0.25, 0.3) is 5.91 Å². The van der Waals surface area contributed by atoms with E-state index in [1.165, 1.54) is 29.3 Å². The number of fused-ring (bicyclic) bond motifs is 1. The lowest BCUT2D eigenvalue weighted by atomic mass is 10.0. The number of aryl methyl sites for hydroxylation is 1. The Bertz CT molecular complexity index is 889. The van der Waals surface area contributed by atoms with E-state index in [9.17, 15) is 9.18 Å². The van der Waals surface area contributed by atoms with Crippen molar-refractivity contribution in [2.45, 2.75) is 12.8 Å². The molecule has 5 nitrogen and oxygen atoms in total. The summed E-state index contributed by atoms with van der Waals surface area (Å²) in [6.45, 7) is 0. The number of amides is 1. The standard InChI is InChI=1S/C17H16ClFN4O/c1-23-16(20)14(15(22-23)10-5-8-4-9(8)6-10)17(24)21-11-2-3-13(19)12(18)7-11/h2-3,5,7-9H,4,6,20H2,1H3,(H,21,24). The number of hydrogen-bond acceptors (Lipinski definition) is 3. The van der Waals surface area contributed by atoms with Crippen molar-refractivity contribution in [3.05, 3.63) is 46.4 Å². The average molecular weight is 347 g/mol. The van der Waals surface area contributed by atoms with Crippen LogP contribution in [0.5, 0.6) is 0 Å². The van der Waals surface area contributed by atoms with Crippen LogP contribution in [0, 0.1) is 17.7 Å². The van der Waals surface area contributed by atoms with Crippen LogP contribution in [0.4, 0.5) is 15.9 Å². The van der Waals surface area contributed by atoms with Gasteiger partial charge in [0.1, 0.15) is 22.9 Å². The van der Waals surface area contributed by atoms with Gasteiger partial charge < -0.3 is 11.1 Å². The number of carbonyl (C=O) groups is 1. The second-order valence-corrected chi connectivity index (χ2v) is 6.78. The van der Waals surface area contributed by atoms with Crippen molar-refractivity contribution in [1.82, 2.24) is 9.78 Å². The lowest BCUT2D eigenvalue weighted by Crippen LogP contribution is -2.15. The maximum Gasteiger partial charge on any atom is 0.261 e. The molecule has 1 saturated carbocycles. The quantitative estimate of drug-likeness (QED) is 0.893. The van der Waals surface area contributed by atoms with Crippen LogP contribution in [0.3, 0.4) is 0 Å². The van der Waals surface area contributed by atoms with E-state index in [1.807, 2.05) is 0 Å². The fraction of sp³-hybridized carbons (Fsp3) is 0.294. The van der Waals surface area contributed by atoms with E-state index in [4.69, 9.17) is 17.3 Å². The zero-order valence-corrected chi connectivity index (χ0v) is 13.8. The Morgan fingerprint density at radius 2 is 2.29 bits per heavy atom. The topological polar surface area (TPSA) is 72.9 Å². The molecule has 3 N–H and O–H groups in total. The monoisotopic (exact) mass is 346 g/mol. The third-order valence-electron chi connectivity index (χ3n) is 4.67. The lowest BCUT2D eigenvalue weighted by molar-refractivity contribution is 0.102. The van der Waals surface area contributed by atoms with Gasteiger partial charge in [-0.3, -0.25) is 9.48 Å². The summed E-state index contributed by atoms with van der Waals surface area (Å²) in [6, 6.07) is 4.03. The molecule has 7 heteroatoms. The first-order valence-corrected chi connectivity index (χ1v) is 8.11. The first kappa shape index (κ1) is 15.2. The molecule has 0 radical (unpaired) electrons. The Morgan fingerprint density at radius 3 is 2.96 bits per heavy atom. The van der Waals surface area contributed by atoms with Crippen LogP contribution in [-0.4, -0.2) is 15.7 Å². The zero-order chi connectivity index (χ0) is 17.0. The molecule has 1 fully saturated rings. The highest BCUT2D eigenvalue weighted by molar-refractivity contribution is 6.31. The normalized spacial score (nSPS) is 21.4. The number of nitrogens with zero attached hydrogens (tertiary/aromatic N) is 2.